The molecule has 2 aromatic carbocycles. The summed E-state index contributed by atoms with van der Waals surface area (Å²) in [6.45, 7) is -0.220. The van der Waals surface area contributed by atoms with Gasteiger partial charge in [0.15, 0.2) is 0 Å². The van der Waals surface area contributed by atoms with Crippen LogP contribution < -0.4 is 5.32 Å². The highest BCUT2D eigenvalue weighted by molar-refractivity contribution is 7.89. The maximum Gasteiger partial charge on any atom is 0.449 e. The van der Waals surface area contributed by atoms with Crippen molar-refractivity contribution >= 4 is 27.0 Å². The summed E-state index contributed by atoms with van der Waals surface area (Å²) in [7, 11) is -1.24. The van der Waals surface area contributed by atoms with Gasteiger partial charge in [-0.15, -0.1) is 0 Å². The summed E-state index contributed by atoms with van der Waals surface area (Å²) < 4.78 is 79.9. The maximum absolute atomic E-state index is 13.5. The lowest BCUT2D eigenvalue weighted by Crippen LogP contribution is -2.25. The van der Waals surface area contributed by atoms with E-state index in [0.717, 1.165) is 14.9 Å². The lowest BCUT2D eigenvalue weighted by molar-refractivity contribution is -0.147. The van der Waals surface area contributed by atoms with E-state index in [0.29, 0.717) is 5.56 Å². The number of aromatic nitrogens is 2. The smallest absolute Gasteiger partial charge is 0.352 e. The van der Waals surface area contributed by atoms with Crippen molar-refractivity contribution in [2.45, 2.75) is 30.6 Å². The van der Waals surface area contributed by atoms with Crippen molar-refractivity contribution in [1.29, 1.82) is 0 Å². The van der Waals surface area contributed by atoms with Crippen molar-refractivity contribution in [1.82, 2.24) is 19.2 Å². The first-order valence-electron chi connectivity index (χ1n) is 9.41. The molecule has 0 radical (unpaired) electrons. The van der Waals surface area contributed by atoms with Crippen LogP contribution in [0.15, 0.2) is 47.4 Å². The predicted octanol–water partition coefficient (Wildman–Crippen LogP) is 3.15. The number of hydrogen-bond acceptors (Lipinski definition) is 4. The molecule has 0 aliphatic carbocycles. The Kier molecular flexibility index (Phi) is 6.56. The Morgan fingerprint density at radius 1 is 1.12 bits per heavy atom. The number of nitrogens with one attached hydrogen (secondary N) is 1. The van der Waals surface area contributed by atoms with Crippen LogP contribution >= 0.6 is 0 Å². The number of alkyl halides is 3. The zero-order chi connectivity index (χ0) is 23.7. The molecule has 1 aromatic heterocycles. The van der Waals surface area contributed by atoms with Crippen LogP contribution in [0, 0.1) is 5.82 Å². The number of fused-ring (bicyclic) bond motifs is 1. The summed E-state index contributed by atoms with van der Waals surface area (Å²) >= 11 is 0. The average Bonchev–Trinajstić information content (AvgIpc) is 3.10. The van der Waals surface area contributed by atoms with Crippen molar-refractivity contribution in [2.75, 3.05) is 14.1 Å². The van der Waals surface area contributed by atoms with Gasteiger partial charge in [0.2, 0.25) is 21.8 Å². The van der Waals surface area contributed by atoms with Gasteiger partial charge in [-0.25, -0.2) is 22.1 Å². The molecule has 1 heterocycles. The molecule has 7 nitrogen and oxygen atoms in total. The maximum atomic E-state index is 13.5. The lowest BCUT2D eigenvalue weighted by Gasteiger charge is -2.12. The molecular formula is C20H20F4N4O3S. The van der Waals surface area contributed by atoms with E-state index < -0.39 is 33.7 Å². The molecule has 0 spiro atoms. The SMILES string of the molecule is CN(C)S(=O)(=O)c1ccc2c(c1)nc(C(F)(F)F)n2CCC(=O)NCc1ccc(F)cc1. The van der Waals surface area contributed by atoms with Crippen molar-refractivity contribution in [3.63, 3.8) is 0 Å². The topological polar surface area (TPSA) is 84.3 Å². The van der Waals surface area contributed by atoms with E-state index in [9.17, 15) is 30.8 Å². The number of sulfonamides is 1. The van der Waals surface area contributed by atoms with E-state index in [2.05, 4.69) is 10.3 Å². The van der Waals surface area contributed by atoms with Crippen LogP contribution in [0.4, 0.5) is 17.6 Å². The van der Waals surface area contributed by atoms with Gasteiger partial charge >= 0.3 is 6.18 Å². The second kappa shape index (κ2) is 8.87. The van der Waals surface area contributed by atoms with Crippen molar-refractivity contribution < 1.29 is 30.8 Å². The van der Waals surface area contributed by atoms with Crippen molar-refractivity contribution in [3.8, 4) is 0 Å². The number of amides is 1. The number of aryl methyl sites for hydroxylation is 1. The second-order valence-corrected chi connectivity index (χ2v) is 9.33. The van der Waals surface area contributed by atoms with Crippen LogP contribution in [-0.4, -0.2) is 42.3 Å². The van der Waals surface area contributed by atoms with Crippen LogP contribution in [0.2, 0.25) is 0 Å². The molecule has 0 aliphatic heterocycles. The monoisotopic (exact) mass is 472 g/mol. The molecule has 0 atom stereocenters. The number of rotatable bonds is 7. The zero-order valence-electron chi connectivity index (χ0n) is 17.1. The first-order valence-corrected chi connectivity index (χ1v) is 10.8. The fourth-order valence-corrected chi connectivity index (χ4v) is 3.95. The van der Waals surface area contributed by atoms with Crippen LogP contribution in [0.25, 0.3) is 11.0 Å². The molecular weight excluding hydrogens is 452 g/mol. The van der Waals surface area contributed by atoms with Gasteiger partial charge in [0.05, 0.1) is 15.9 Å². The Morgan fingerprint density at radius 3 is 2.38 bits per heavy atom. The third-order valence-corrected chi connectivity index (χ3v) is 6.53. The van der Waals surface area contributed by atoms with Crippen LogP contribution in [0.3, 0.4) is 0 Å². The summed E-state index contributed by atoms with van der Waals surface area (Å²) in [5.41, 5.74) is 0.548. The predicted molar refractivity (Wildman–Crippen MR) is 108 cm³/mol. The molecule has 0 aliphatic rings. The van der Waals surface area contributed by atoms with E-state index in [-0.39, 0.29) is 35.4 Å². The Hall–Kier alpha value is -2.99. The van der Waals surface area contributed by atoms with Crippen molar-refractivity contribution in [3.05, 3.63) is 59.7 Å². The minimum atomic E-state index is -4.80. The molecule has 0 unspecified atom stereocenters. The quantitative estimate of drug-likeness (QED) is 0.536. The summed E-state index contributed by atoms with van der Waals surface area (Å²) in [6.07, 6.45) is -5.07. The van der Waals surface area contributed by atoms with Gasteiger partial charge in [-0.1, -0.05) is 12.1 Å². The number of halogens is 4. The third-order valence-electron chi connectivity index (χ3n) is 4.72. The molecule has 0 fully saturated rings. The minimum absolute atomic E-state index is 0.0568. The number of benzene rings is 2. The van der Waals surface area contributed by atoms with Crippen LogP contribution in [0.5, 0.6) is 0 Å². The van der Waals surface area contributed by atoms with E-state index in [1.807, 2.05) is 0 Å². The van der Waals surface area contributed by atoms with Gasteiger partial charge in [0.1, 0.15) is 5.82 Å². The highest BCUT2D eigenvalue weighted by Crippen LogP contribution is 2.32. The van der Waals surface area contributed by atoms with Crippen LogP contribution in [0.1, 0.15) is 17.8 Å². The van der Waals surface area contributed by atoms with Gasteiger partial charge in [0.25, 0.3) is 0 Å². The van der Waals surface area contributed by atoms with Gasteiger partial charge in [-0.05, 0) is 35.9 Å². The Balaban J connectivity index is 1.82. The average molecular weight is 472 g/mol. The minimum Gasteiger partial charge on any atom is -0.352 e. The van der Waals surface area contributed by atoms with Gasteiger partial charge in [0, 0.05) is 33.6 Å². The van der Waals surface area contributed by atoms with E-state index in [4.69, 9.17) is 0 Å². The van der Waals surface area contributed by atoms with E-state index in [1.165, 1.54) is 50.5 Å². The van der Waals surface area contributed by atoms with E-state index in [1.54, 1.807) is 0 Å². The molecule has 0 bridgehead atoms. The number of nitrogens with zero attached hydrogens (tertiary/aromatic N) is 3. The number of imidazole rings is 1. The standard InChI is InChI=1S/C20H20F4N4O3S/c1-27(2)32(30,31)15-7-8-17-16(11-15)26-19(20(22,23)24)28(17)10-9-18(29)25-12-13-3-5-14(21)6-4-13/h3-8,11H,9-10,12H2,1-2H3,(H,25,29). The Morgan fingerprint density at radius 2 is 1.78 bits per heavy atom. The van der Waals surface area contributed by atoms with Crippen molar-refractivity contribution in [2.24, 2.45) is 0 Å². The number of carbonyl (C=O) groups is 1. The lowest BCUT2D eigenvalue weighted by atomic mass is 10.2. The first kappa shape index (κ1) is 23.7. The third kappa shape index (κ3) is 5.07. The summed E-state index contributed by atoms with van der Waals surface area (Å²) in [5.74, 6) is -2.15. The molecule has 1 N–H and O–H groups in total. The molecule has 0 saturated heterocycles. The van der Waals surface area contributed by atoms with Gasteiger partial charge in [-0.2, -0.15) is 13.2 Å². The molecule has 32 heavy (non-hydrogen) atoms. The molecule has 1 amide bonds. The molecule has 12 heteroatoms. The van der Waals surface area contributed by atoms with Crippen LogP contribution in [-0.2, 0) is 34.1 Å². The number of hydrogen-bond donors (Lipinski definition) is 1. The summed E-state index contributed by atoms with van der Waals surface area (Å²) in [5, 5.41) is 2.57. The second-order valence-electron chi connectivity index (χ2n) is 7.18. The molecule has 172 valence electrons. The summed E-state index contributed by atoms with van der Waals surface area (Å²) in [6, 6.07) is 8.96. The summed E-state index contributed by atoms with van der Waals surface area (Å²) in [4.78, 5) is 15.5. The molecule has 3 aromatic rings. The number of carbonyl (C=O) groups excluding carboxylic acids is 1. The fraction of sp³-hybridized carbons (Fsp3) is 0.300. The van der Waals surface area contributed by atoms with Gasteiger partial charge in [-0.3, -0.25) is 4.79 Å². The highest BCUT2D eigenvalue weighted by atomic mass is 32.2. The van der Waals surface area contributed by atoms with Gasteiger partial charge < -0.3 is 9.88 Å². The normalized spacial score (nSPS) is 12.5. The first-order chi connectivity index (χ1) is 14.9. The fourth-order valence-electron chi connectivity index (χ4n) is 3.03. The Bertz CT molecular complexity index is 1240. The Labute approximate surface area is 181 Å². The molecule has 3 rings (SSSR count). The molecule has 0 saturated carbocycles. The van der Waals surface area contributed by atoms with E-state index >= 15 is 0 Å². The largest absolute Gasteiger partial charge is 0.449 e. The zero-order valence-corrected chi connectivity index (χ0v) is 18.0. The highest BCUT2D eigenvalue weighted by Gasteiger charge is 2.38.